The quantitative estimate of drug-likeness (QED) is 0.346. The number of esters is 1. The number of carbonyl (C=O) groups excluding carboxylic acids is 4. The van der Waals surface area contributed by atoms with Gasteiger partial charge in [-0.1, -0.05) is 55.5 Å². The van der Waals surface area contributed by atoms with E-state index in [9.17, 15) is 24.3 Å². The van der Waals surface area contributed by atoms with Crippen molar-refractivity contribution < 1.29 is 33.8 Å². The van der Waals surface area contributed by atoms with Crippen molar-refractivity contribution in [2.45, 2.75) is 84.5 Å². The number of benzene rings is 2. The molecule has 2 unspecified atom stereocenters. The smallest absolute Gasteiger partial charge is 0.408 e. The van der Waals surface area contributed by atoms with E-state index in [2.05, 4.69) is 15.4 Å². The Morgan fingerprint density at radius 2 is 1.61 bits per heavy atom. The van der Waals surface area contributed by atoms with Crippen LogP contribution < -0.4 is 10.6 Å². The first-order valence-electron chi connectivity index (χ1n) is 13.6. The number of carbonyl (C=O) groups is 4. The van der Waals surface area contributed by atoms with Crippen molar-refractivity contribution in [1.82, 2.24) is 15.5 Å². The van der Waals surface area contributed by atoms with Crippen LogP contribution in [0.3, 0.4) is 0 Å². The maximum absolute atomic E-state index is 14.6. The molecular formula is C31H43N3O7. The van der Waals surface area contributed by atoms with Gasteiger partial charge in [-0.3, -0.25) is 14.4 Å². The molecule has 0 bridgehead atoms. The fourth-order valence-electron chi connectivity index (χ4n) is 4.24. The third-order valence-electron chi connectivity index (χ3n) is 6.73. The molecule has 10 nitrogen and oxygen atoms in total. The summed E-state index contributed by atoms with van der Waals surface area (Å²) in [5.74, 6) is -2.09. The molecule has 0 saturated heterocycles. The number of phenols is 1. The number of para-hydroxylation sites is 1. The molecule has 224 valence electrons. The van der Waals surface area contributed by atoms with Crippen LogP contribution in [0.1, 0.15) is 70.7 Å². The highest BCUT2D eigenvalue weighted by atomic mass is 16.6. The number of aryl methyl sites for hydroxylation is 1. The summed E-state index contributed by atoms with van der Waals surface area (Å²) in [5, 5.41) is 16.3. The van der Waals surface area contributed by atoms with Gasteiger partial charge in [-0.25, -0.2) is 4.79 Å². The lowest BCUT2D eigenvalue weighted by Crippen LogP contribution is -2.60. The lowest BCUT2D eigenvalue weighted by atomic mass is 9.90. The Labute approximate surface area is 242 Å². The number of alkyl carbamates (subject to hydrolysis) is 1. The monoisotopic (exact) mass is 569 g/mol. The predicted octanol–water partition coefficient (Wildman–Crippen LogP) is 4.18. The number of amides is 3. The Kier molecular flexibility index (Phi) is 11.3. The summed E-state index contributed by atoms with van der Waals surface area (Å²) >= 11 is 0. The summed E-state index contributed by atoms with van der Waals surface area (Å²) in [6.45, 7) is 11.9. The zero-order valence-corrected chi connectivity index (χ0v) is 25.2. The Morgan fingerprint density at radius 3 is 2.17 bits per heavy atom. The summed E-state index contributed by atoms with van der Waals surface area (Å²) in [6.07, 6.45) is -0.242. The Morgan fingerprint density at radius 1 is 0.976 bits per heavy atom. The van der Waals surface area contributed by atoms with Crippen LogP contribution in [0, 0.1) is 6.92 Å². The molecule has 0 radical (unpaired) electrons. The summed E-state index contributed by atoms with van der Waals surface area (Å²) in [5.41, 5.74) is -0.288. The minimum atomic E-state index is -1.35. The summed E-state index contributed by atoms with van der Waals surface area (Å²) in [7, 11) is 1.20. The molecule has 0 aliphatic carbocycles. The van der Waals surface area contributed by atoms with Gasteiger partial charge in [-0.15, -0.1) is 0 Å². The standard InChI is InChI=1S/C31H43N3O7/c1-9-31(6,7)34(25(27(37)32-19-24(35)40-8)22-17-13-14-20(2)26(22)36)28(38)23(18-21-15-11-10-12-16-21)33-29(39)41-30(3,4)5/h10-17,23,25,36H,9,18-19H2,1-8H3,(H,32,37)(H,33,39). The molecule has 2 rings (SSSR count). The van der Waals surface area contributed by atoms with Gasteiger partial charge in [0, 0.05) is 17.5 Å². The molecule has 0 aromatic heterocycles. The SMILES string of the molecule is CCC(C)(C)N(C(=O)C(Cc1ccccc1)NC(=O)OC(C)(C)C)C(C(=O)NCC(=O)OC)c1cccc(C)c1O. The molecule has 0 fully saturated rings. The molecule has 2 aromatic rings. The molecular weight excluding hydrogens is 526 g/mol. The third kappa shape index (κ3) is 9.23. The van der Waals surface area contributed by atoms with E-state index in [1.54, 1.807) is 59.7 Å². The lowest BCUT2D eigenvalue weighted by Gasteiger charge is -2.44. The fourth-order valence-corrected chi connectivity index (χ4v) is 4.24. The molecule has 0 spiro atoms. The van der Waals surface area contributed by atoms with Gasteiger partial charge in [0.05, 0.1) is 7.11 Å². The van der Waals surface area contributed by atoms with Crippen LogP contribution in [0.4, 0.5) is 4.79 Å². The second-order valence-corrected chi connectivity index (χ2v) is 11.5. The zero-order chi connectivity index (χ0) is 31.0. The highest BCUT2D eigenvalue weighted by Crippen LogP contribution is 2.37. The number of hydrogen-bond acceptors (Lipinski definition) is 7. The number of hydrogen-bond donors (Lipinski definition) is 3. The van der Waals surface area contributed by atoms with Gasteiger partial charge in [0.1, 0.15) is 30.0 Å². The number of nitrogens with one attached hydrogen (secondary N) is 2. The molecule has 0 heterocycles. The van der Waals surface area contributed by atoms with Crippen LogP contribution in [0.15, 0.2) is 48.5 Å². The van der Waals surface area contributed by atoms with E-state index in [0.29, 0.717) is 12.0 Å². The van der Waals surface area contributed by atoms with E-state index in [-0.39, 0.29) is 17.7 Å². The van der Waals surface area contributed by atoms with Crippen LogP contribution >= 0.6 is 0 Å². The molecule has 2 aromatic carbocycles. The van der Waals surface area contributed by atoms with Gasteiger partial charge in [0.25, 0.3) is 0 Å². The van der Waals surface area contributed by atoms with E-state index in [4.69, 9.17) is 4.74 Å². The number of methoxy groups -OCH3 is 1. The summed E-state index contributed by atoms with van der Waals surface area (Å²) < 4.78 is 10.1. The van der Waals surface area contributed by atoms with Crippen LogP contribution in [-0.2, 0) is 30.3 Å². The normalized spacial score (nSPS) is 13.0. The number of ether oxygens (including phenoxy) is 2. The lowest BCUT2D eigenvalue weighted by molar-refractivity contribution is -0.150. The maximum atomic E-state index is 14.6. The first-order chi connectivity index (χ1) is 19.1. The molecule has 3 amide bonds. The number of phenolic OH excluding ortho intramolecular Hbond substituents is 1. The number of nitrogens with zero attached hydrogens (tertiary/aromatic N) is 1. The fraction of sp³-hybridized carbons (Fsp3) is 0.484. The largest absolute Gasteiger partial charge is 0.507 e. The predicted molar refractivity (Wildman–Crippen MR) is 155 cm³/mol. The van der Waals surface area contributed by atoms with Gasteiger partial charge in [0.15, 0.2) is 0 Å². The Bertz CT molecular complexity index is 1220. The molecule has 3 N–H and O–H groups in total. The summed E-state index contributed by atoms with van der Waals surface area (Å²) in [6, 6.07) is 11.6. The van der Waals surface area contributed by atoms with E-state index < -0.39 is 53.6 Å². The minimum absolute atomic E-state index is 0.117. The highest BCUT2D eigenvalue weighted by Gasteiger charge is 2.44. The average Bonchev–Trinajstić information content (AvgIpc) is 2.90. The van der Waals surface area contributed by atoms with Gasteiger partial charge < -0.3 is 30.1 Å². The summed E-state index contributed by atoms with van der Waals surface area (Å²) in [4.78, 5) is 54.5. The number of aromatic hydroxyl groups is 1. The first kappa shape index (κ1) is 33.1. The minimum Gasteiger partial charge on any atom is -0.507 e. The van der Waals surface area contributed by atoms with Crippen molar-refractivity contribution >= 4 is 23.9 Å². The van der Waals surface area contributed by atoms with Gasteiger partial charge >= 0.3 is 12.1 Å². The third-order valence-corrected chi connectivity index (χ3v) is 6.73. The van der Waals surface area contributed by atoms with Crippen molar-refractivity contribution in [3.05, 3.63) is 65.2 Å². The number of rotatable bonds is 11. The molecule has 2 atom stereocenters. The Balaban J connectivity index is 2.70. The second kappa shape index (κ2) is 14.0. The van der Waals surface area contributed by atoms with Crippen molar-refractivity contribution in [3.8, 4) is 5.75 Å². The highest BCUT2D eigenvalue weighted by molar-refractivity contribution is 5.94. The Hall–Kier alpha value is -4.08. The van der Waals surface area contributed by atoms with Crippen molar-refractivity contribution in [2.75, 3.05) is 13.7 Å². The second-order valence-electron chi connectivity index (χ2n) is 11.5. The molecule has 0 aliphatic rings. The van der Waals surface area contributed by atoms with Crippen LogP contribution in [0.5, 0.6) is 5.75 Å². The molecule has 10 heteroatoms. The molecule has 0 aliphatic heterocycles. The van der Waals surface area contributed by atoms with E-state index in [1.807, 2.05) is 37.3 Å². The van der Waals surface area contributed by atoms with E-state index >= 15 is 0 Å². The van der Waals surface area contributed by atoms with Crippen LogP contribution in [-0.4, -0.2) is 64.7 Å². The molecule has 0 saturated carbocycles. The van der Waals surface area contributed by atoms with Gasteiger partial charge in [-0.05, 0) is 59.1 Å². The van der Waals surface area contributed by atoms with Crippen molar-refractivity contribution in [3.63, 3.8) is 0 Å². The molecule has 41 heavy (non-hydrogen) atoms. The topological polar surface area (TPSA) is 134 Å². The van der Waals surface area contributed by atoms with Crippen LogP contribution in [0.25, 0.3) is 0 Å². The van der Waals surface area contributed by atoms with E-state index in [1.165, 1.54) is 12.0 Å². The van der Waals surface area contributed by atoms with E-state index in [0.717, 1.165) is 5.56 Å². The van der Waals surface area contributed by atoms with Crippen molar-refractivity contribution in [2.24, 2.45) is 0 Å². The van der Waals surface area contributed by atoms with Gasteiger partial charge in [0.2, 0.25) is 11.8 Å². The average molecular weight is 570 g/mol. The van der Waals surface area contributed by atoms with Crippen molar-refractivity contribution in [1.29, 1.82) is 0 Å². The zero-order valence-electron chi connectivity index (χ0n) is 25.2. The maximum Gasteiger partial charge on any atom is 0.408 e. The van der Waals surface area contributed by atoms with Gasteiger partial charge in [-0.2, -0.15) is 0 Å². The van der Waals surface area contributed by atoms with Crippen LogP contribution in [0.2, 0.25) is 0 Å². The first-order valence-corrected chi connectivity index (χ1v) is 13.6.